The van der Waals surface area contributed by atoms with Gasteiger partial charge in [-0.1, -0.05) is 13.2 Å². The molecule has 0 bridgehead atoms. The van der Waals surface area contributed by atoms with Gasteiger partial charge in [-0.25, -0.2) is 4.98 Å². The molecule has 0 spiro atoms. The summed E-state index contributed by atoms with van der Waals surface area (Å²) in [5, 5.41) is 0. The van der Waals surface area contributed by atoms with Crippen LogP contribution in [0.5, 0.6) is 0 Å². The number of fused-ring (bicyclic) bond motifs is 1. The summed E-state index contributed by atoms with van der Waals surface area (Å²) < 4.78 is 5.46. The molecule has 0 unspecified atom stereocenters. The Balaban J connectivity index is 2.82. The van der Waals surface area contributed by atoms with Crippen LogP contribution < -0.4 is 5.43 Å². The summed E-state index contributed by atoms with van der Waals surface area (Å²) in [5.41, 5.74) is 1.15. The van der Waals surface area contributed by atoms with Crippen LogP contribution in [0.3, 0.4) is 0 Å². The summed E-state index contributed by atoms with van der Waals surface area (Å²) in [6.07, 6.45) is 3.13. The van der Waals surface area contributed by atoms with Crippen LogP contribution in [0.2, 0.25) is 0 Å². The lowest BCUT2D eigenvalue weighted by molar-refractivity contribution is 0.543. The molecule has 0 atom stereocenters. The van der Waals surface area contributed by atoms with Crippen LogP contribution in [-0.2, 0) is 0 Å². The quantitative estimate of drug-likeness (QED) is 0.746. The van der Waals surface area contributed by atoms with Crippen molar-refractivity contribution < 1.29 is 4.42 Å². The summed E-state index contributed by atoms with van der Waals surface area (Å²) in [5.74, 6) is 0.978. The van der Waals surface area contributed by atoms with Crippen LogP contribution in [0.15, 0.2) is 40.6 Å². The van der Waals surface area contributed by atoms with Crippen molar-refractivity contribution in [3.8, 4) is 11.5 Å². The van der Waals surface area contributed by atoms with E-state index in [1.165, 1.54) is 12.1 Å². The Hall–Kier alpha value is -2.16. The molecule has 1 aliphatic carbocycles. The third-order valence-electron chi connectivity index (χ3n) is 2.02. The smallest absolute Gasteiger partial charge is 0.182 e. The largest absolute Gasteiger partial charge is 0.453 e. The highest BCUT2D eigenvalue weighted by Crippen LogP contribution is 2.22. The van der Waals surface area contributed by atoms with Crippen molar-refractivity contribution in [2.24, 2.45) is 0 Å². The molecule has 0 saturated heterocycles. The first kappa shape index (κ1) is 9.40. The number of aromatic nitrogens is 1. The van der Waals surface area contributed by atoms with Gasteiger partial charge in [0, 0.05) is 6.07 Å². The molecule has 0 radical (unpaired) electrons. The van der Waals surface area contributed by atoms with Crippen LogP contribution in [0, 0.1) is 0 Å². The number of hydrogen-bond donors (Lipinski definition) is 0. The highest BCUT2D eigenvalue weighted by atomic mass is 16.3. The fraction of sp³-hybridized carbons (Fsp3) is 0. The molecule has 74 valence electrons. The normalized spacial score (nSPS) is 10.1. The van der Waals surface area contributed by atoms with Crippen LogP contribution in [0.1, 0.15) is 11.5 Å². The molecule has 0 aromatic carbocycles. The van der Waals surface area contributed by atoms with E-state index < -0.39 is 0 Å². The lowest BCUT2D eigenvalue weighted by Crippen LogP contribution is -2.01. The molecule has 1 heterocycles. The van der Waals surface area contributed by atoms with Crippen molar-refractivity contribution in [3.63, 3.8) is 0 Å². The van der Waals surface area contributed by atoms with Gasteiger partial charge in [0.05, 0.1) is 0 Å². The van der Waals surface area contributed by atoms with E-state index >= 15 is 0 Å². The van der Waals surface area contributed by atoms with E-state index in [2.05, 4.69) is 18.1 Å². The molecule has 0 N–H and O–H groups in total. The molecule has 0 saturated carbocycles. The molecule has 2 aliphatic rings. The van der Waals surface area contributed by atoms with Crippen molar-refractivity contribution in [2.75, 3.05) is 0 Å². The molecule has 0 aromatic heterocycles. The third kappa shape index (κ3) is 1.59. The maximum atomic E-state index is 11.1. The van der Waals surface area contributed by atoms with E-state index in [0.717, 1.165) is 0 Å². The number of rotatable bonds is 2. The first-order chi connectivity index (χ1) is 7.24. The minimum absolute atomic E-state index is 0.102. The molecule has 0 aromatic rings. The molecule has 1 aliphatic heterocycles. The first-order valence-corrected chi connectivity index (χ1v) is 4.44. The SMILES string of the molecule is C=Cc1nc2ccc(=O)cc-2oc1C=C. The van der Waals surface area contributed by atoms with Gasteiger partial charge in [-0.15, -0.1) is 0 Å². The van der Waals surface area contributed by atoms with E-state index in [1.54, 1.807) is 18.2 Å². The summed E-state index contributed by atoms with van der Waals surface area (Å²) >= 11 is 0. The van der Waals surface area contributed by atoms with Gasteiger partial charge in [-0.05, 0) is 24.3 Å². The number of benzene rings is 1. The van der Waals surface area contributed by atoms with Gasteiger partial charge in [0.2, 0.25) is 0 Å². The lowest BCUT2D eigenvalue weighted by atomic mass is 10.2. The van der Waals surface area contributed by atoms with Crippen LogP contribution >= 0.6 is 0 Å². The minimum atomic E-state index is -0.102. The Morgan fingerprint density at radius 1 is 1.27 bits per heavy atom. The Labute approximate surface area is 86.7 Å². The topological polar surface area (TPSA) is 43.1 Å². The van der Waals surface area contributed by atoms with E-state index in [1.807, 2.05) is 0 Å². The molecular weight excluding hydrogens is 190 g/mol. The molecular formula is C12H9NO2. The van der Waals surface area contributed by atoms with E-state index in [4.69, 9.17) is 4.42 Å². The lowest BCUT2D eigenvalue weighted by Gasteiger charge is -2.06. The van der Waals surface area contributed by atoms with Crippen molar-refractivity contribution in [3.05, 3.63) is 53.0 Å². The maximum absolute atomic E-state index is 11.1. The van der Waals surface area contributed by atoms with Crippen LogP contribution in [-0.4, -0.2) is 4.98 Å². The van der Waals surface area contributed by atoms with E-state index in [9.17, 15) is 4.79 Å². The minimum Gasteiger partial charge on any atom is -0.453 e. The van der Waals surface area contributed by atoms with Gasteiger partial charge in [-0.2, -0.15) is 0 Å². The Morgan fingerprint density at radius 2 is 2.07 bits per heavy atom. The second-order valence-corrected chi connectivity index (χ2v) is 3.00. The molecule has 0 amide bonds. The number of hydrogen-bond acceptors (Lipinski definition) is 3. The highest BCUT2D eigenvalue weighted by Gasteiger charge is 2.10. The zero-order valence-corrected chi connectivity index (χ0v) is 8.06. The molecule has 3 heteroatoms. The van der Waals surface area contributed by atoms with Crippen LogP contribution in [0.25, 0.3) is 23.6 Å². The van der Waals surface area contributed by atoms with Gasteiger partial charge in [0.25, 0.3) is 0 Å². The van der Waals surface area contributed by atoms with Gasteiger partial charge < -0.3 is 4.42 Å². The Bertz CT molecular complexity index is 554. The highest BCUT2D eigenvalue weighted by molar-refractivity contribution is 5.62. The van der Waals surface area contributed by atoms with Crippen molar-refractivity contribution >= 4 is 12.2 Å². The first-order valence-electron chi connectivity index (χ1n) is 4.44. The zero-order valence-electron chi connectivity index (χ0n) is 8.06. The molecule has 2 rings (SSSR count). The summed E-state index contributed by atoms with van der Waals surface area (Å²) in [7, 11) is 0. The fourth-order valence-corrected chi connectivity index (χ4v) is 1.32. The standard InChI is InChI=1S/C12H9NO2/c1-3-9-11(4-2)15-12-7-8(14)5-6-10(12)13-9/h3-7H,1-2H2. The van der Waals surface area contributed by atoms with Crippen molar-refractivity contribution in [2.45, 2.75) is 0 Å². The average Bonchev–Trinajstić information content (AvgIpc) is 2.27. The van der Waals surface area contributed by atoms with Gasteiger partial charge in [-0.3, -0.25) is 4.79 Å². The van der Waals surface area contributed by atoms with Crippen LogP contribution in [0.4, 0.5) is 0 Å². The van der Waals surface area contributed by atoms with Gasteiger partial charge in [0.1, 0.15) is 11.4 Å². The van der Waals surface area contributed by atoms with E-state index in [-0.39, 0.29) is 5.43 Å². The van der Waals surface area contributed by atoms with Gasteiger partial charge in [0.15, 0.2) is 16.9 Å². The summed E-state index contributed by atoms with van der Waals surface area (Å²) in [4.78, 5) is 15.4. The predicted octanol–water partition coefficient (Wildman–Crippen LogP) is 2.43. The molecule has 3 nitrogen and oxygen atoms in total. The predicted molar refractivity (Wildman–Crippen MR) is 59.6 cm³/mol. The fourth-order valence-electron chi connectivity index (χ4n) is 1.32. The maximum Gasteiger partial charge on any atom is 0.182 e. The average molecular weight is 199 g/mol. The third-order valence-corrected chi connectivity index (χ3v) is 2.02. The van der Waals surface area contributed by atoms with Gasteiger partial charge >= 0.3 is 0 Å². The molecule has 15 heavy (non-hydrogen) atoms. The monoisotopic (exact) mass is 199 g/mol. The summed E-state index contributed by atoms with van der Waals surface area (Å²) in [6, 6.07) is 4.48. The molecule has 0 fully saturated rings. The summed E-state index contributed by atoms with van der Waals surface area (Å²) in [6.45, 7) is 7.24. The van der Waals surface area contributed by atoms with Crippen molar-refractivity contribution in [1.29, 1.82) is 0 Å². The van der Waals surface area contributed by atoms with E-state index in [0.29, 0.717) is 22.9 Å². The second kappa shape index (κ2) is 3.53. The Kier molecular flexibility index (Phi) is 2.21. The van der Waals surface area contributed by atoms with Crippen molar-refractivity contribution in [1.82, 2.24) is 4.98 Å². The zero-order chi connectivity index (χ0) is 10.8. The second-order valence-electron chi connectivity index (χ2n) is 3.00. The Morgan fingerprint density at radius 3 is 2.73 bits per heavy atom. The number of nitrogens with zero attached hydrogens (tertiary/aromatic N) is 1.